The van der Waals surface area contributed by atoms with E-state index in [-0.39, 0.29) is 5.82 Å². The van der Waals surface area contributed by atoms with Gasteiger partial charge in [0, 0.05) is 38.8 Å². The van der Waals surface area contributed by atoms with Gasteiger partial charge in [0.1, 0.15) is 11.6 Å². The van der Waals surface area contributed by atoms with Gasteiger partial charge in [0.05, 0.1) is 17.6 Å². The number of aromatic nitrogens is 2. The molecule has 4 nitrogen and oxygen atoms in total. The molecule has 1 N–H and O–H groups in total. The van der Waals surface area contributed by atoms with Crippen LogP contribution in [0.1, 0.15) is 49.2 Å². The molecule has 1 aromatic carbocycles. The second-order valence-corrected chi connectivity index (χ2v) is 7.36. The molecular weight excluding hydrogens is 353 g/mol. The van der Waals surface area contributed by atoms with Gasteiger partial charge in [0.15, 0.2) is 0 Å². The second-order valence-electron chi connectivity index (χ2n) is 7.36. The first kappa shape index (κ1) is 19.3. The number of imidazole rings is 1. The van der Waals surface area contributed by atoms with Crippen molar-refractivity contribution in [2.45, 2.75) is 51.6 Å². The maximum atomic E-state index is 13.0. The number of hydrogen-bond acceptors (Lipinski definition) is 3. The Morgan fingerprint density at radius 2 is 1.81 bits per heavy atom. The highest BCUT2D eigenvalue weighted by molar-refractivity contribution is 6.04. The third kappa shape index (κ3) is 4.84. The van der Waals surface area contributed by atoms with Gasteiger partial charge >= 0.3 is 0 Å². The molecule has 6 heteroatoms. The molecule has 0 bridgehead atoms. The van der Waals surface area contributed by atoms with Crippen molar-refractivity contribution in [1.82, 2.24) is 14.5 Å². The van der Waals surface area contributed by atoms with Crippen molar-refractivity contribution in [3.05, 3.63) is 53.4 Å². The Morgan fingerprint density at radius 1 is 1.08 bits per heavy atom. The first-order valence-electron chi connectivity index (χ1n) is 9.45. The van der Waals surface area contributed by atoms with Crippen LogP contribution in [0.3, 0.4) is 0 Å². The average molecular weight is 380 g/mol. The van der Waals surface area contributed by atoms with Crippen LogP contribution in [0.15, 0.2) is 30.5 Å². The fourth-order valence-corrected chi connectivity index (χ4v) is 4.22. The van der Waals surface area contributed by atoms with E-state index in [1.54, 1.807) is 0 Å². The zero-order chi connectivity index (χ0) is 18.4. The zero-order valence-corrected chi connectivity index (χ0v) is 15.8. The summed E-state index contributed by atoms with van der Waals surface area (Å²) in [7, 11) is 0. The monoisotopic (exact) mass is 379 g/mol. The number of nitrogens with zero attached hydrogens (tertiary/aromatic N) is 3. The third-order valence-electron chi connectivity index (χ3n) is 5.56. The van der Waals surface area contributed by atoms with E-state index in [1.807, 2.05) is 18.3 Å². The molecule has 0 atom stereocenters. The average Bonchev–Trinajstić information content (AvgIpc) is 3.08. The summed E-state index contributed by atoms with van der Waals surface area (Å²) in [6.07, 6.45) is 9.89. The lowest BCUT2D eigenvalue weighted by molar-refractivity contribution is 0.166. The SMILES string of the molecule is Fc1ccc(Cc2ncc3n2CCN(CC2CCCCC2)C3)cc1.OCl. The van der Waals surface area contributed by atoms with Crippen molar-refractivity contribution in [2.24, 2.45) is 5.92 Å². The van der Waals surface area contributed by atoms with Gasteiger partial charge in [-0.1, -0.05) is 31.4 Å². The van der Waals surface area contributed by atoms with Crippen molar-refractivity contribution < 1.29 is 9.05 Å². The fourth-order valence-electron chi connectivity index (χ4n) is 4.22. The Bertz CT molecular complexity index is 683. The van der Waals surface area contributed by atoms with Crippen LogP contribution in [-0.2, 0) is 19.5 Å². The number of hydrogen-bond donors (Lipinski definition) is 1. The first-order chi connectivity index (χ1) is 12.8. The van der Waals surface area contributed by atoms with Gasteiger partial charge < -0.3 is 4.57 Å². The Labute approximate surface area is 159 Å². The quantitative estimate of drug-likeness (QED) is 0.867. The van der Waals surface area contributed by atoms with E-state index in [0.29, 0.717) is 0 Å². The van der Waals surface area contributed by atoms with E-state index in [2.05, 4.69) is 26.3 Å². The van der Waals surface area contributed by atoms with Gasteiger partial charge in [-0.3, -0.25) is 9.56 Å². The van der Waals surface area contributed by atoms with Gasteiger partial charge in [0.25, 0.3) is 0 Å². The first-order valence-corrected chi connectivity index (χ1v) is 9.79. The van der Waals surface area contributed by atoms with Gasteiger partial charge in [-0.25, -0.2) is 9.37 Å². The summed E-state index contributed by atoms with van der Waals surface area (Å²) in [5, 5.41) is 0. The van der Waals surface area contributed by atoms with Crippen LogP contribution in [-0.4, -0.2) is 32.2 Å². The summed E-state index contributed by atoms with van der Waals surface area (Å²) in [5.74, 6) is 1.82. The molecule has 1 saturated carbocycles. The summed E-state index contributed by atoms with van der Waals surface area (Å²) in [5.41, 5.74) is 2.45. The van der Waals surface area contributed by atoms with E-state index >= 15 is 0 Å². The number of fused-ring (bicyclic) bond motifs is 1. The summed E-state index contributed by atoms with van der Waals surface area (Å²) in [4.78, 5) is 7.25. The molecule has 1 aliphatic heterocycles. The summed E-state index contributed by atoms with van der Waals surface area (Å²) >= 11 is 3.64. The zero-order valence-electron chi connectivity index (χ0n) is 15.1. The molecule has 2 aromatic rings. The predicted octanol–water partition coefficient (Wildman–Crippen LogP) is 4.14. The number of halogens is 2. The summed E-state index contributed by atoms with van der Waals surface area (Å²) in [6, 6.07) is 6.77. The van der Waals surface area contributed by atoms with Gasteiger partial charge in [0.2, 0.25) is 0 Å². The molecule has 2 aliphatic rings. The number of benzene rings is 1. The van der Waals surface area contributed by atoms with Gasteiger partial charge in [-0.2, -0.15) is 0 Å². The molecule has 0 radical (unpaired) electrons. The Kier molecular flexibility index (Phi) is 7.06. The van der Waals surface area contributed by atoms with Gasteiger partial charge in [-0.05, 0) is 36.5 Å². The molecule has 1 aliphatic carbocycles. The smallest absolute Gasteiger partial charge is 0.123 e. The summed E-state index contributed by atoms with van der Waals surface area (Å²) < 4.78 is 21.9. The van der Waals surface area contributed by atoms with E-state index < -0.39 is 0 Å². The molecule has 26 heavy (non-hydrogen) atoms. The van der Waals surface area contributed by atoms with E-state index in [1.165, 1.54) is 56.5 Å². The molecule has 0 unspecified atom stereocenters. The molecule has 1 aromatic heterocycles. The van der Waals surface area contributed by atoms with Crippen LogP contribution in [0.5, 0.6) is 0 Å². The van der Waals surface area contributed by atoms with Crippen molar-refractivity contribution in [1.29, 1.82) is 0 Å². The minimum absolute atomic E-state index is 0.178. The lowest BCUT2D eigenvalue weighted by atomic mass is 9.89. The maximum Gasteiger partial charge on any atom is 0.123 e. The highest BCUT2D eigenvalue weighted by Crippen LogP contribution is 2.26. The van der Waals surface area contributed by atoms with E-state index in [4.69, 9.17) is 4.66 Å². The summed E-state index contributed by atoms with van der Waals surface area (Å²) in [6.45, 7) is 4.42. The Hall–Kier alpha value is -1.43. The normalized spacial score (nSPS) is 18.1. The van der Waals surface area contributed by atoms with Crippen LogP contribution in [0.4, 0.5) is 4.39 Å². The van der Waals surface area contributed by atoms with E-state index in [0.717, 1.165) is 43.4 Å². The fraction of sp³-hybridized carbons (Fsp3) is 0.550. The molecule has 0 saturated heterocycles. The molecule has 2 heterocycles. The van der Waals surface area contributed by atoms with Crippen LogP contribution in [0, 0.1) is 11.7 Å². The van der Waals surface area contributed by atoms with Crippen LogP contribution < -0.4 is 0 Å². The van der Waals surface area contributed by atoms with Crippen molar-refractivity contribution >= 4 is 11.9 Å². The van der Waals surface area contributed by atoms with Crippen molar-refractivity contribution in [3.8, 4) is 0 Å². The lowest BCUT2D eigenvalue weighted by Crippen LogP contribution is -2.37. The largest absolute Gasteiger partial charge is 0.329 e. The molecule has 0 amide bonds. The molecule has 1 fully saturated rings. The van der Waals surface area contributed by atoms with Crippen LogP contribution >= 0.6 is 11.9 Å². The number of rotatable bonds is 4. The van der Waals surface area contributed by atoms with Gasteiger partial charge in [-0.15, -0.1) is 0 Å². The Morgan fingerprint density at radius 3 is 2.54 bits per heavy atom. The second kappa shape index (κ2) is 9.49. The van der Waals surface area contributed by atoms with Crippen LogP contribution in [0.25, 0.3) is 0 Å². The molecular formula is C20H27ClFN3O. The van der Waals surface area contributed by atoms with Crippen molar-refractivity contribution in [3.63, 3.8) is 0 Å². The van der Waals surface area contributed by atoms with E-state index in [9.17, 15) is 4.39 Å². The molecule has 0 spiro atoms. The molecule has 4 rings (SSSR count). The predicted molar refractivity (Wildman–Crippen MR) is 101 cm³/mol. The standard InChI is InChI=1S/C20H26FN3.ClHO/c21-18-8-6-16(7-9-18)12-20-22-13-19-15-23(10-11-24(19)20)14-17-4-2-1-3-5-17;1-2/h6-9,13,17H,1-5,10-12,14-15H2;2H. The molecule has 142 valence electrons. The highest BCUT2D eigenvalue weighted by Gasteiger charge is 2.23. The Balaban J connectivity index is 0.000000948. The minimum atomic E-state index is -0.178. The lowest BCUT2D eigenvalue weighted by Gasteiger charge is -2.33. The minimum Gasteiger partial charge on any atom is -0.329 e. The topological polar surface area (TPSA) is 41.3 Å². The highest BCUT2D eigenvalue weighted by atomic mass is 35.5. The van der Waals surface area contributed by atoms with Crippen LogP contribution in [0.2, 0.25) is 0 Å². The maximum absolute atomic E-state index is 13.0. The third-order valence-corrected chi connectivity index (χ3v) is 5.56. The van der Waals surface area contributed by atoms with Crippen molar-refractivity contribution in [2.75, 3.05) is 13.1 Å².